The number of ether oxygens (including phenoxy) is 1. The maximum absolute atomic E-state index is 12.8. The number of hydrogen-bond acceptors (Lipinski definition) is 3. The molecule has 6 heteroatoms. The van der Waals surface area contributed by atoms with Crippen LogP contribution in [0.5, 0.6) is 5.75 Å². The van der Waals surface area contributed by atoms with Crippen LogP contribution in [0, 0.1) is 5.41 Å². The van der Waals surface area contributed by atoms with Gasteiger partial charge in [-0.3, -0.25) is 4.79 Å². The first-order valence-electron chi connectivity index (χ1n) is 7.97. The highest BCUT2D eigenvalue weighted by Gasteiger charge is 2.45. The van der Waals surface area contributed by atoms with Gasteiger partial charge in [-0.1, -0.05) is 29.6 Å². The maximum atomic E-state index is 12.8. The molecule has 1 heterocycles. The first-order valence-corrected chi connectivity index (χ1v) is 8.73. The fourth-order valence-corrected chi connectivity index (χ4v) is 4.63. The summed E-state index contributed by atoms with van der Waals surface area (Å²) in [7, 11) is 1.49. The molecule has 0 aromatic heterocycles. The van der Waals surface area contributed by atoms with E-state index in [0.717, 1.165) is 32.1 Å². The number of halogens is 2. The van der Waals surface area contributed by atoms with E-state index in [1.807, 2.05) is 4.90 Å². The van der Waals surface area contributed by atoms with E-state index in [-0.39, 0.29) is 17.4 Å². The molecule has 1 aliphatic heterocycles. The molecule has 1 aliphatic carbocycles. The molecule has 2 atom stereocenters. The number of rotatable bonds is 2. The standard InChI is InChI=1S/C17H21Cl2NO3/c1-23-15-12(18)8-11(9-13(15)19)16(22)20-7-3-6-17(10-20)5-2-4-14(17)21/h8-9,14,21H,2-7,10H2,1H3/t14-,17+/m1/s1. The molecule has 0 bridgehead atoms. The number of amides is 1. The van der Waals surface area contributed by atoms with Crippen molar-refractivity contribution < 1.29 is 14.6 Å². The molecule has 2 aliphatic rings. The molecule has 1 saturated carbocycles. The SMILES string of the molecule is COc1c(Cl)cc(C(=O)N2CCC[C@@]3(CCC[C@H]3O)C2)cc1Cl. The normalized spacial score (nSPS) is 27.5. The number of carbonyl (C=O) groups is 1. The minimum absolute atomic E-state index is 0.0883. The van der Waals surface area contributed by atoms with Crippen molar-refractivity contribution in [3.05, 3.63) is 27.7 Å². The highest BCUT2D eigenvalue weighted by Crippen LogP contribution is 2.45. The summed E-state index contributed by atoms with van der Waals surface area (Å²) in [6, 6.07) is 3.20. The number of likely N-dealkylation sites (tertiary alicyclic amines) is 1. The van der Waals surface area contributed by atoms with Crippen molar-refractivity contribution in [2.75, 3.05) is 20.2 Å². The second kappa shape index (κ2) is 6.50. The molecule has 0 unspecified atom stereocenters. The number of carbonyl (C=O) groups excluding carboxylic acids is 1. The largest absolute Gasteiger partial charge is 0.494 e. The van der Waals surface area contributed by atoms with E-state index in [1.54, 1.807) is 12.1 Å². The van der Waals surface area contributed by atoms with E-state index in [1.165, 1.54) is 7.11 Å². The van der Waals surface area contributed by atoms with Gasteiger partial charge in [0.05, 0.1) is 23.3 Å². The molecule has 4 nitrogen and oxygen atoms in total. The molecule has 126 valence electrons. The third kappa shape index (κ3) is 3.04. The second-order valence-electron chi connectivity index (χ2n) is 6.57. The van der Waals surface area contributed by atoms with Crippen molar-refractivity contribution >= 4 is 29.1 Å². The lowest BCUT2D eigenvalue weighted by atomic mass is 9.76. The van der Waals surface area contributed by atoms with Gasteiger partial charge in [-0.15, -0.1) is 0 Å². The monoisotopic (exact) mass is 357 g/mol. The summed E-state index contributed by atoms with van der Waals surface area (Å²) in [5, 5.41) is 11.0. The molecule has 0 radical (unpaired) electrons. The highest BCUT2D eigenvalue weighted by atomic mass is 35.5. The summed E-state index contributed by atoms with van der Waals surface area (Å²) >= 11 is 12.3. The van der Waals surface area contributed by atoms with Gasteiger partial charge in [0.2, 0.25) is 0 Å². The zero-order chi connectivity index (χ0) is 16.6. The van der Waals surface area contributed by atoms with Crippen LogP contribution in [0.25, 0.3) is 0 Å². The van der Waals surface area contributed by atoms with Crippen molar-refractivity contribution in [1.29, 1.82) is 0 Å². The number of methoxy groups -OCH3 is 1. The van der Waals surface area contributed by atoms with Gasteiger partial charge in [0, 0.05) is 24.1 Å². The molecular weight excluding hydrogens is 337 g/mol. The van der Waals surface area contributed by atoms with Crippen LogP contribution in [0.3, 0.4) is 0 Å². The molecule has 1 aromatic rings. The van der Waals surface area contributed by atoms with Crippen molar-refractivity contribution in [3.8, 4) is 5.75 Å². The number of piperidine rings is 1. The predicted molar refractivity (Wildman–Crippen MR) is 90.4 cm³/mol. The summed E-state index contributed by atoms with van der Waals surface area (Å²) in [4.78, 5) is 14.7. The summed E-state index contributed by atoms with van der Waals surface area (Å²) < 4.78 is 5.12. The Kier molecular flexibility index (Phi) is 4.77. The van der Waals surface area contributed by atoms with Crippen LogP contribution in [-0.4, -0.2) is 42.2 Å². The number of nitrogens with zero attached hydrogens (tertiary/aromatic N) is 1. The van der Waals surface area contributed by atoms with Gasteiger partial charge in [0.25, 0.3) is 5.91 Å². The summed E-state index contributed by atoms with van der Waals surface area (Å²) in [5.41, 5.74) is 0.332. The molecule has 2 fully saturated rings. The van der Waals surface area contributed by atoms with Crippen LogP contribution in [0.4, 0.5) is 0 Å². The minimum Gasteiger partial charge on any atom is -0.494 e. The quantitative estimate of drug-likeness (QED) is 0.876. The number of aliphatic hydroxyl groups excluding tert-OH is 1. The lowest BCUT2D eigenvalue weighted by Gasteiger charge is -2.42. The van der Waals surface area contributed by atoms with E-state index in [2.05, 4.69) is 0 Å². The Morgan fingerprint density at radius 1 is 1.30 bits per heavy atom. The lowest BCUT2D eigenvalue weighted by Crippen LogP contribution is -2.49. The van der Waals surface area contributed by atoms with Crippen LogP contribution in [0.2, 0.25) is 10.0 Å². The zero-order valence-electron chi connectivity index (χ0n) is 13.1. The second-order valence-corrected chi connectivity index (χ2v) is 7.39. The Balaban J connectivity index is 1.83. The number of benzene rings is 1. The Labute approximate surface area is 146 Å². The van der Waals surface area contributed by atoms with Crippen molar-refractivity contribution in [3.63, 3.8) is 0 Å². The number of aliphatic hydroxyl groups is 1. The third-order valence-electron chi connectivity index (χ3n) is 5.20. The fraction of sp³-hybridized carbons (Fsp3) is 0.588. The zero-order valence-corrected chi connectivity index (χ0v) is 14.7. The van der Waals surface area contributed by atoms with Crippen molar-refractivity contribution in [1.82, 2.24) is 4.90 Å². The smallest absolute Gasteiger partial charge is 0.253 e. The van der Waals surface area contributed by atoms with Crippen LogP contribution < -0.4 is 4.74 Å². The molecule has 3 rings (SSSR count). The van der Waals surface area contributed by atoms with E-state index >= 15 is 0 Å². The summed E-state index contributed by atoms with van der Waals surface area (Å²) in [6.07, 6.45) is 4.46. The third-order valence-corrected chi connectivity index (χ3v) is 5.77. The van der Waals surface area contributed by atoms with Gasteiger partial charge in [-0.25, -0.2) is 0 Å². The Morgan fingerprint density at radius 3 is 2.52 bits per heavy atom. The molecular formula is C17H21Cl2NO3. The molecule has 1 amide bonds. The van der Waals surface area contributed by atoms with E-state index in [0.29, 0.717) is 34.4 Å². The molecule has 1 N–H and O–H groups in total. The van der Waals surface area contributed by atoms with Crippen molar-refractivity contribution in [2.24, 2.45) is 5.41 Å². The van der Waals surface area contributed by atoms with Gasteiger partial charge in [-0.2, -0.15) is 0 Å². The molecule has 23 heavy (non-hydrogen) atoms. The van der Waals surface area contributed by atoms with Gasteiger partial charge < -0.3 is 14.7 Å². The maximum Gasteiger partial charge on any atom is 0.253 e. The Hall–Kier alpha value is -0.970. The van der Waals surface area contributed by atoms with Gasteiger partial charge in [-0.05, 0) is 37.8 Å². The van der Waals surface area contributed by atoms with E-state index in [9.17, 15) is 9.90 Å². The predicted octanol–water partition coefficient (Wildman–Crippen LogP) is 3.77. The Bertz CT molecular complexity index is 599. The average molecular weight is 358 g/mol. The fourth-order valence-electron chi connectivity index (χ4n) is 3.99. The van der Waals surface area contributed by atoms with Crippen LogP contribution in [-0.2, 0) is 0 Å². The van der Waals surface area contributed by atoms with Gasteiger partial charge in [0.15, 0.2) is 5.75 Å². The van der Waals surface area contributed by atoms with Crippen LogP contribution in [0.1, 0.15) is 42.5 Å². The highest BCUT2D eigenvalue weighted by molar-refractivity contribution is 6.37. The van der Waals surface area contributed by atoms with E-state index < -0.39 is 0 Å². The minimum atomic E-state index is -0.304. The van der Waals surface area contributed by atoms with Crippen LogP contribution >= 0.6 is 23.2 Å². The number of hydrogen-bond donors (Lipinski definition) is 1. The topological polar surface area (TPSA) is 49.8 Å². The summed E-state index contributed by atoms with van der Waals surface area (Å²) in [6.45, 7) is 1.31. The molecule has 1 spiro atoms. The first kappa shape index (κ1) is 16.9. The van der Waals surface area contributed by atoms with Crippen LogP contribution in [0.15, 0.2) is 12.1 Å². The lowest BCUT2D eigenvalue weighted by molar-refractivity contribution is -0.00536. The molecule has 1 saturated heterocycles. The average Bonchev–Trinajstić information content (AvgIpc) is 2.86. The molecule has 1 aromatic carbocycles. The first-order chi connectivity index (χ1) is 11.0. The van der Waals surface area contributed by atoms with Gasteiger partial charge >= 0.3 is 0 Å². The van der Waals surface area contributed by atoms with Crippen molar-refractivity contribution in [2.45, 2.75) is 38.2 Å². The Morgan fingerprint density at radius 2 is 1.96 bits per heavy atom. The summed E-state index contributed by atoms with van der Waals surface area (Å²) in [5.74, 6) is 0.292. The van der Waals surface area contributed by atoms with E-state index in [4.69, 9.17) is 27.9 Å². The van der Waals surface area contributed by atoms with Gasteiger partial charge in [0.1, 0.15) is 0 Å².